The first-order valence-corrected chi connectivity index (χ1v) is 8.44. The van der Waals surface area contributed by atoms with E-state index in [0.717, 1.165) is 18.2 Å². The molecule has 2 rings (SSSR count). The molecule has 1 aromatic carbocycles. The van der Waals surface area contributed by atoms with Crippen molar-refractivity contribution in [2.75, 3.05) is 5.73 Å². The lowest BCUT2D eigenvalue weighted by molar-refractivity contribution is 0.595. The average molecular weight is 329 g/mol. The minimum atomic E-state index is -3.92. The van der Waals surface area contributed by atoms with E-state index in [1.54, 1.807) is 6.07 Å². The molecule has 0 amide bonds. The molecule has 1 heterocycles. The van der Waals surface area contributed by atoms with Crippen molar-refractivity contribution in [1.29, 1.82) is 0 Å². The molecule has 1 aromatic heterocycles. The third kappa shape index (κ3) is 3.46. The van der Waals surface area contributed by atoms with Crippen LogP contribution in [0.1, 0.15) is 13.3 Å². The molecule has 0 saturated heterocycles. The zero-order valence-corrected chi connectivity index (χ0v) is 12.9. The molecule has 0 aliphatic heterocycles. The maximum Gasteiger partial charge on any atom is 0.343 e. The van der Waals surface area contributed by atoms with E-state index in [1.165, 1.54) is 16.7 Å². The normalized spacial score (nSPS) is 11.7. The summed E-state index contributed by atoms with van der Waals surface area (Å²) in [4.78, 5) is 11.9. The highest BCUT2D eigenvalue weighted by atomic mass is 32.2. The fourth-order valence-corrected chi connectivity index (χ4v) is 3.72. The second kappa shape index (κ2) is 5.92. The van der Waals surface area contributed by atoms with E-state index >= 15 is 0 Å². The summed E-state index contributed by atoms with van der Waals surface area (Å²) in [7, 11) is -3.92. The largest absolute Gasteiger partial charge is 0.399 e. The van der Waals surface area contributed by atoms with Gasteiger partial charge in [-0.1, -0.05) is 6.92 Å². The molecule has 0 radical (unpaired) electrons. The maximum atomic E-state index is 11.6. The van der Waals surface area contributed by atoms with Crippen LogP contribution in [0.2, 0.25) is 0 Å². The van der Waals surface area contributed by atoms with Crippen LogP contribution in [-0.2, 0) is 16.6 Å². The lowest BCUT2D eigenvalue weighted by Crippen LogP contribution is -2.17. The van der Waals surface area contributed by atoms with Gasteiger partial charge in [-0.3, -0.25) is 4.57 Å². The Morgan fingerprint density at radius 2 is 2.14 bits per heavy atom. The summed E-state index contributed by atoms with van der Waals surface area (Å²) in [5.41, 5.74) is 5.54. The smallest absolute Gasteiger partial charge is 0.343 e. The Balaban J connectivity index is 2.48. The molecule has 2 aromatic rings. The molecule has 0 saturated carbocycles. The van der Waals surface area contributed by atoms with Crippen LogP contribution in [0.3, 0.4) is 0 Å². The van der Waals surface area contributed by atoms with Crippen LogP contribution in [0.4, 0.5) is 5.69 Å². The summed E-state index contributed by atoms with van der Waals surface area (Å²) in [6, 6.07) is 4.38. The minimum absolute atomic E-state index is 0.0917. The second-order valence-corrected chi connectivity index (χ2v) is 6.86. The summed E-state index contributed by atoms with van der Waals surface area (Å²) >= 11 is 1.04. The van der Waals surface area contributed by atoms with Crippen LogP contribution in [0.5, 0.6) is 0 Å². The van der Waals surface area contributed by atoms with Crippen molar-refractivity contribution < 1.29 is 8.42 Å². The van der Waals surface area contributed by atoms with E-state index < -0.39 is 10.0 Å². The molecule has 0 fully saturated rings. The molecule has 0 atom stereocenters. The van der Waals surface area contributed by atoms with Crippen molar-refractivity contribution in [1.82, 2.24) is 14.8 Å². The van der Waals surface area contributed by atoms with Gasteiger partial charge in [0, 0.05) is 17.1 Å². The molecule has 0 bridgehead atoms. The predicted octanol–water partition coefficient (Wildman–Crippen LogP) is 0.362. The summed E-state index contributed by atoms with van der Waals surface area (Å²) in [5, 5.41) is 11.8. The van der Waals surface area contributed by atoms with Gasteiger partial charge in [0.05, 0.1) is 4.90 Å². The second-order valence-electron chi connectivity index (χ2n) is 4.32. The summed E-state index contributed by atoms with van der Waals surface area (Å²) in [6.45, 7) is 2.41. The lowest BCUT2D eigenvalue weighted by Gasteiger charge is -2.08. The Labute approximate surface area is 125 Å². The van der Waals surface area contributed by atoms with Gasteiger partial charge < -0.3 is 5.73 Å². The number of H-pyrrole nitrogens is 1. The number of nitrogens with zero attached hydrogens (tertiary/aromatic N) is 2. The summed E-state index contributed by atoms with van der Waals surface area (Å²) < 4.78 is 24.7. The number of hydrogen-bond donors (Lipinski definition) is 3. The van der Waals surface area contributed by atoms with Gasteiger partial charge in [-0.05, 0) is 36.4 Å². The quantitative estimate of drug-likeness (QED) is 0.677. The fraction of sp³-hybridized carbons (Fsp3) is 0.273. The van der Waals surface area contributed by atoms with Gasteiger partial charge in [0.1, 0.15) is 0 Å². The third-order valence-corrected chi connectivity index (χ3v) is 4.80. The topological polar surface area (TPSA) is 137 Å². The first kappa shape index (κ1) is 15.6. The number of nitrogen functional groups attached to an aromatic ring is 1. The Morgan fingerprint density at radius 3 is 2.76 bits per heavy atom. The van der Waals surface area contributed by atoms with Gasteiger partial charge in [0.15, 0.2) is 5.16 Å². The number of benzene rings is 1. The summed E-state index contributed by atoms with van der Waals surface area (Å²) in [6.07, 6.45) is 0.747. The van der Waals surface area contributed by atoms with Gasteiger partial charge in [0.2, 0.25) is 10.0 Å². The highest BCUT2D eigenvalue weighted by Gasteiger charge is 2.18. The van der Waals surface area contributed by atoms with Gasteiger partial charge in [-0.15, -0.1) is 5.10 Å². The zero-order chi connectivity index (χ0) is 15.6. The number of anilines is 1. The van der Waals surface area contributed by atoms with E-state index in [0.29, 0.717) is 16.6 Å². The van der Waals surface area contributed by atoms with Crippen LogP contribution in [0.15, 0.2) is 37.9 Å². The minimum Gasteiger partial charge on any atom is -0.399 e. The van der Waals surface area contributed by atoms with E-state index in [2.05, 4.69) is 10.2 Å². The molecule has 10 heteroatoms. The Bertz CT molecular complexity index is 810. The first-order chi connectivity index (χ1) is 9.82. The molecule has 0 unspecified atom stereocenters. The number of nitrogens with one attached hydrogen (secondary N) is 1. The maximum absolute atomic E-state index is 11.6. The molecule has 114 valence electrons. The number of hydrogen-bond acceptors (Lipinski definition) is 6. The van der Waals surface area contributed by atoms with Gasteiger partial charge in [-0.2, -0.15) is 0 Å². The third-order valence-electron chi connectivity index (χ3n) is 2.65. The first-order valence-electron chi connectivity index (χ1n) is 6.08. The van der Waals surface area contributed by atoms with E-state index in [4.69, 9.17) is 10.9 Å². The van der Waals surface area contributed by atoms with E-state index in [1.807, 2.05) is 6.92 Å². The van der Waals surface area contributed by atoms with Gasteiger partial charge in [0.25, 0.3) is 0 Å². The summed E-state index contributed by atoms with van der Waals surface area (Å²) in [5.74, 6) is 0. The fourth-order valence-electron chi connectivity index (χ4n) is 1.73. The number of rotatable bonds is 5. The highest BCUT2D eigenvalue weighted by molar-refractivity contribution is 8.00. The van der Waals surface area contributed by atoms with E-state index in [-0.39, 0.29) is 16.3 Å². The van der Waals surface area contributed by atoms with Crippen molar-refractivity contribution in [3.8, 4) is 0 Å². The molecule has 0 aliphatic rings. The molecule has 0 spiro atoms. The van der Waals surface area contributed by atoms with Crippen LogP contribution < -0.4 is 16.6 Å². The standard InChI is InChI=1S/C11H15N5O3S2/c1-2-5-16-10(17)14-15-11(16)20-8-4-3-7(12)6-9(8)21(13,18)19/h3-4,6H,2,5,12H2,1H3,(H,14,17)(H2,13,18,19). The average Bonchev–Trinajstić information content (AvgIpc) is 2.73. The van der Waals surface area contributed by atoms with Crippen molar-refractivity contribution in [3.63, 3.8) is 0 Å². The molecule has 5 N–H and O–H groups in total. The SMILES string of the molecule is CCCn1c(Sc2ccc(N)cc2S(N)(=O)=O)n[nH]c1=O. The Kier molecular flexibility index (Phi) is 4.40. The van der Waals surface area contributed by atoms with Crippen molar-refractivity contribution in [2.24, 2.45) is 5.14 Å². The van der Waals surface area contributed by atoms with Crippen LogP contribution in [0.25, 0.3) is 0 Å². The highest BCUT2D eigenvalue weighted by Crippen LogP contribution is 2.32. The van der Waals surface area contributed by atoms with Crippen molar-refractivity contribution in [2.45, 2.75) is 34.8 Å². The molecule has 0 aliphatic carbocycles. The Morgan fingerprint density at radius 1 is 1.43 bits per heavy atom. The molecule has 8 nitrogen and oxygen atoms in total. The van der Waals surface area contributed by atoms with Crippen LogP contribution in [-0.4, -0.2) is 23.2 Å². The monoisotopic (exact) mass is 329 g/mol. The predicted molar refractivity (Wildman–Crippen MR) is 79.5 cm³/mol. The number of nitrogens with two attached hydrogens (primary N) is 2. The molecular formula is C11H15N5O3S2. The zero-order valence-electron chi connectivity index (χ0n) is 11.2. The van der Waals surface area contributed by atoms with Crippen molar-refractivity contribution in [3.05, 3.63) is 28.7 Å². The number of sulfonamides is 1. The molecular weight excluding hydrogens is 314 g/mol. The molecule has 21 heavy (non-hydrogen) atoms. The number of primary sulfonamides is 1. The van der Waals surface area contributed by atoms with E-state index in [9.17, 15) is 13.2 Å². The van der Waals surface area contributed by atoms with Crippen LogP contribution >= 0.6 is 11.8 Å². The van der Waals surface area contributed by atoms with Gasteiger partial charge >= 0.3 is 5.69 Å². The lowest BCUT2D eigenvalue weighted by atomic mass is 10.3. The van der Waals surface area contributed by atoms with Crippen LogP contribution in [0, 0.1) is 0 Å². The number of aromatic nitrogens is 3. The Hall–Kier alpha value is -1.78. The number of aromatic amines is 1. The van der Waals surface area contributed by atoms with Gasteiger partial charge in [-0.25, -0.2) is 23.4 Å². The van der Waals surface area contributed by atoms with Crippen molar-refractivity contribution >= 4 is 27.5 Å².